The normalized spacial score (nSPS) is 20.7. The summed E-state index contributed by atoms with van der Waals surface area (Å²) >= 11 is 5.92. The predicted octanol–water partition coefficient (Wildman–Crippen LogP) is 2.30. The molecule has 1 aromatic rings. The Morgan fingerprint density at radius 2 is 2.38 bits per heavy atom. The molecule has 0 aliphatic carbocycles. The summed E-state index contributed by atoms with van der Waals surface area (Å²) in [6, 6.07) is 5.40. The maximum Gasteiger partial charge on any atom is 0.120 e. The zero-order chi connectivity index (χ0) is 11.4. The van der Waals surface area contributed by atoms with Crippen LogP contribution in [0.25, 0.3) is 0 Å². The first-order chi connectivity index (χ1) is 7.75. The van der Waals surface area contributed by atoms with E-state index in [0.29, 0.717) is 16.6 Å². The standard InChI is InChI=1S/C12H17ClN2O/c13-11-6-10(3-4-12(11)14)16-8-9-2-1-5-15-7-9/h3-4,6,9,15H,1-2,5,7-8,14H2. The molecule has 1 aliphatic heterocycles. The second-order valence-corrected chi connectivity index (χ2v) is 4.61. The van der Waals surface area contributed by atoms with Crippen molar-refractivity contribution in [1.82, 2.24) is 5.32 Å². The maximum atomic E-state index is 5.92. The molecule has 1 saturated heterocycles. The van der Waals surface area contributed by atoms with Crippen LogP contribution in [-0.4, -0.2) is 19.7 Å². The van der Waals surface area contributed by atoms with Gasteiger partial charge in [0.05, 0.1) is 17.3 Å². The van der Waals surface area contributed by atoms with Gasteiger partial charge >= 0.3 is 0 Å². The van der Waals surface area contributed by atoms with Crippen molar-refractivity contribution in [1.29, 1.82) is 0 Å². The van der Waals surface area contributed by atoms with Gasteiger partial charge in [-0.25, -0.2) is 0 Å². The molecule has 0 amide bonds. The molecule has 2 rings (SSSR count). The number of ether oxygens (including phenoxy) is 1. The molecule has 0 aromatic heterocycles. The Bertz CT molecular complexity index is 351. The Hall–Kier alpha value is -0.930. The van der Waals surface area contributed by atoms with Crippen LogP contribution in [0.3, 0.4) is 0 Å². The molecule has 3 N–H and O–H groups in total. The Kier molecular flexibility index (Phi) is 3.91. The van der Waals surface area contributed by atoms with Gasteiger partial charge in [-0.3, -0.25) is 0 Å². The van der Waals surface area contributed by atoms with Gasteiger partial charge in [0.1, 0.15) is 5.75 Å². The SMILES string of the molecule is Nc1ccc(OCC2CCCNC2)cc1Cl. The van der Waals surface area contributed by atoms with Crippen molar-refractivity contribution in [3.05, 3.63) is 23.2 Å². The van der Waals surface area contributed by atoms with E-state index in [9.17, 15) is 0 Å². The molecule has 4 heteroatoms. The van der Waals surface area contributed by atoms with Crippen molar-refractivity contribution in [2.75, 3.05) is 25.4 Å². The summed E-state index contributed by atoms with van der Waals surface area (Å²) in [5.41, 5.74) is 6.22. The van der Waals surface area contributed by atoms with E-state index in [-0.39, 0.29) is 0 Å². The van der Waals surface area contributed by atoms with Gasteiger partial charge in [-0.2, -0.15) is 0 Å². The molecule has 0 bridgehead atoms. The average Bonchev–Trinajstić information content (AvgIpc) is 2.32. The zero-order valence-corrected chi connectivity index (χ0v) is 9.96. The Labute approximate surface area is 101 Å². The van der Waals surface area contributed by atoms with Crippen LogP contribution in [0.15, 0.2) is 18.2 Å². The summed E-state index contributed by atoms with van der Waals surface area (Å²) in [7, 11) is 0. The van der Waals surface area contributed by atoms with Crippen LogP contribution in [0.4, 0.5) is 5.69 Å². The number of halogens is 1. The lowest BCUT2D eigenvalue weighted by Crippen LogP contribution is -2.33. The molecule has 16 heavy (non-hydrogen) atoms. The highest BCUT2D eigenvalue weighted by Crippen LogP contribution is 2.24. The van der Waals surface area contributed by atoms with Crippen molar-refractivity contribution in [3.8, 4) is 5.75 Å². The number of anilines is 1. The van der Waals surface area contributed by atoms with E-state index in [4.69, 9.17) is 22.1 Å². The third-order valence-corrected chi connectivity index (χ3v) is 3.18. The van der Waals surface area contributed by atoms with E-state index in [1.54, 1.807) is 12.1 Å². The van der Waals surface area contributed by atoms with Gasteiger partial charge in [0.25, 0.3) is 0 Å². The molecule has 0 spiro atoms. The Morgan fingerprint density at radius 1 is 1.50 bits per heavy atom. The van der Waals surface area contributed by atoms with E-state index >= 15 is 0 Å². The molecular formula is C12H17ClN2O. The van der Waals surface area contributed by atoms with E-state index in [0.717, 1.165) is 25.4 Å². The van der Waals surface area contributed by atoms with Crippen LogP contribution < -0.4 is 15.8 Å². The van der Waals surface area contributed by atoms with Crippen LogP contribution in [0, 0.1) is 5.92 Å². The lowest BCUT2D eigenvalue weighted by atomic mass is 10.0. The van der Waals surface area contributed by atoms with Crippen LogP contribution in [0.2, 0.25) is 5.02 Å². The smallest absolute Gasteiger partial charge is 0.120 e. The number of rotatable bonds is 3. The van der Waals surface area contributed by atoms with Crippen molar-refractivity contribution < 1.29 is 4.74 Å². The van der Waals surface area contributed by atoms with Crippen LogP contribution in [0.5, 0.6) is 5.75 Å². The molecule has 1 aromatic carbocycles. The van der Waals surface area contributed by atoms with Gasteiger partial charge in [-0.05, 0) is 31.5 Å². The van der Waals surface area contributed by atoms with Gasteiger partial charge < -0.3 is 15.8 Å². The minimum atomic E-state index is 0.555. The molecule has 3 nitrogen and oxygen atoms in total. The average molecular weight is 241 g/mol. The lowest BCUT2D eigenvalue weighted by molar-refractivity contribution is 0.218. The molecule has 1 fully saturated rings. The summed E-state index contributed by atoms with van der Waals surface area (Å²) in [4.78, 5) is 0. The fraction of sp³-hybridized carbons (Fsp3) is 0.500. The minimum absolute atomic E-state index is 0.555. The van der Waals surface area contributed by atoms with Gasteiger partial charge in [-0.15, -0.1) is 0 Å². The third-order valence-electron chi connectivity index (χ3n) is 2.86. The second kappa shape index (κ2) is 5.41. The highest BCUT2D eigenvalue weighted by Gasteiger charge is 2.13. The topological polar surface area (TPSA) is 47.3 Å². The molecule has 1 atom stereocenters. The molecule has 88 valence electrons. The first-order valence-electron chi connectivity index (χ1n) is 5.64. The van der Waals surface area contributed by atoms with Crippen molar-refractivity contribution in [3.63, 3.8) is 0 Å². The summed E-state index contributed by atoms with van der Waals surface area (Å²) in [5.74, 6) is 1.40. The zero-order valence-electron chi connectivity index (χ0n) is 9.21. The quantitative estimate of drug-likeness (QED) is 0.797. The van der Waals surface area contributed by atoms with Crippen molar-refractivity contribution >= 4 is 17.3 Å². The number of hydrogen-bond donors (Lipinski definition) is 2. The first-order valence-corrected chi connectivity index (χ1v) is 6.02. The molecule has 1 aliphatic rings. The van der Waals surface area contributed by atoms with Crippen LogP contribution in [0.1, 0.15) is 12.8 Å². The highest BCUT2D eigenvalue weighted by atomic mass is 35.5. The molecule has 1 heterocycles. The van der Waals surface area contributed by atoms with Crippen molar-refractivity contribution in [2.24, 2.45) is 5.92 Å². The van der Waals surface area contributed by atoms with Crippen LogP contribution >= 0.6 is 11.6 Å². The number of piperidine rings is 1. The molecule has 0 saturated carbocycles. The summed E-state index contributed by atoms with van der Waals surface area (Å²) in [6.45, 7) is 2.92. The van der Waals surface area contributed by atoms with Crippen LogP contribution in [-0.2, 0) is 0 Å². The van der Waals surface area contributed by atoms with Gasteiger partial charge in [0.2, 0.25) is 0 Å². The third kappa shape index (κ3) is 3.03. The van der Waals surface area contributed by atoms with E-state index in [2.05, 4.69) is 5.32 Å². The number of benzene rings is 1. The summed E-state index contributed by atoms with van der Waals surface area (Å²) in [5, 5.41) is 3.92. The van der Waals surface area contributed by atoms with Gasteiger partial charge in [0, 0.05) is 18.5 Å². The van der Waals surface area contributed by atoms with E-state index in [1.807, 2.05) is 6.07 Å². The highest BCUT2D eigenvalue weighted by molar-refractivity contribution is 6.33. The predicted molar refractivity (Wildman–Crippen MR) is 67.0 cm³/mol. The summed E-state index contributed by atoms with van der Waals surface area (Å²) < 4.78 is 5.70. The monoisotopic (exact) mass is 240 g/mol. The number of nitrogens with one attached hydrogen (secondary N) is 1. The number of hydrogen-bond acceptors (Lipinski definition) is 3. The Morgan fingerprint density at radius 3 is 3.06 bits per heavy atom. The van der Waals surface area contributed by atoms with Crippen molar-refractivity contribution in [2.45, 2.75) is 12.8 Å². The minimum Gasteiger partial charge on any atom is -0.493 e. The molecule has 0 radical (unpaired) electrons. The molecule has 1 unspecified atom stereocenters. The van der Waals surface area contributed by atoms with Gasteiger partial charge in [0.15, 0.2) is 0 Å². The maximum absolute atomic E-state index is 5.92. The van der Waals surface area contributed by atoms with Gasteiger partial charge in [-0.1, -0.05) is 11.6 Å². The fourth-order valence-corrected chi connectivity index (χ4v) is 2.05. The summed E-state index contributed by atoms with van der Waals surface area (Å²) in [6.07, 6.45) is 2.46. The largest absolute Gasteiger partial charge is 0.493 e. The Balaban J connectivity index is 1.86. The van der Waals surface area contributed by atoms with E-state index in [1.165, 1.54) is 12.8 Å². The number of nitrogens with two attached hydrogens (primary N) is 1. The van der Waals surface area contributed by atoms with E-state index < -0.39 is 0 Å². The lowest BCUT2D eigenvalue weighted by Gasteiger charge is -2.22. The number of nitrogen functional groups attached to an aromatic ring is 1. The second-order valence-electron chi connectivity index (χ2n) is 4.21. The molecular weight excluding hydrogens is 224 g/mol. The fourth-order valence-electron chi connectivity index (χ4n) is 1.88. The first kappa shape index (κ1) is 11.6.